The average molecular weight is 456 g/mol. The lowest BCUT2D eigenvalue weighted by Gasteiger charge is -2.36. The quantitative estimate of drug-likeness (QED) is 0.120. The van der Waals surface area contributed by atoms with E-state index in [-0.39, 0.29) is 11.5 Å². The molecular formula is C10H12N6O11S2. The lowest BCUT2D eigenvalue weighted by molar-refractivity contribution is -0.809. The van der Waals surface area contributed by atoms with Gasteiger partial charge >= 0.3 is 11.3 Å². The first-order valence-corrected chi connectivity index (χ1v) is 9.33. The van der Waals surface area contributed by atoms with Gasteiger partial charge in [0.1, 0.15) is 31.2 Å². The summed E-state index contributed by atoms with van der Waals surface area (Å²) in [5.74, 6) is -1.90. The summed E-state index contributed by atoms with van der Waals surface area (Å²) < 4.78 is 4.91. The second-order valence-corrected chi connectivity index (χ2v) is 7.68. The first-order chi connectivity index (χ1) is 13.5. The molecule has 0 unspecified atom stereocenters. The summed E-state index contributed by atoms with van der Waals surface area (Å²) in [6.07, 6.45) is 0. The number of nitro groups is 4. The van der Waals surface area contributed by atoms with Gasteiger partial charge in [-0.15, -0.1) is 0 Å². The molecule has 0 spiro atoms. The highest BCUT2D eigenvalue weighted by atomic mass is 32.2. The second-order valence-electron chi connectivity index (χ2n) is 6.09. The van der Waals surface area contributed by atoms with Gasteiger partial charge in [-0.05, 0) is 0 Å². The predicted octanol–water partition coefficient (Wildman–Crippen LogP) is -1.52. The van der Waals surface area contributed by atoms with Gasteiger partial charge in [0, 0.05) is 24.1 Å². The van der Waals surface area contributed by atoms with Crippen molar-refractivity contribution in [2.75, 3.05) is 37.7 Å². The number of nitrogens with zero attached hydrogens (tertiary/aromatic N) is 6. The molecule has 0 aromatic carbocycles. The molecule has 0 bridgehead atoms. The maximum atomic E-state index is 11.8. The van der Waals surface area contributed by atoms with E-state index in [1.807, 2.05) is 0 Å². The fourth-order valence-corrected chi connectivity index (χ4v) is 3.67. The molecule has 17 nitrogen and oxygen atoms in total. The Morgan fingerprint density at radius 3 is 1.24 bits per heavy atom. The number of hydrogen-bond acceptors (Lipinski definition) is 13. The molecule has 2 aliphatic rings. The van der Waals surface area contributed by atoms with Gasteiger partial charge in [-0.3, -0.25) is 50.0 Å². The SMILES string of the molecule is O=C(CSOSCC(=O)N1CC([N+](=O)[O-])([N+](=O)[O-])C1)N1CC([N+](=O)[O-])([N+](=O)[O-])C1. The Morgan fingerprint density at radius 2 is 1.00 bits per heavy atom. The third-order valence-electron chi connectivity index (χ3n) is 4.30. The van der Waals surface area contributed by atoms with Crippen LogP contribution in [0.25, 0.3) is 0 Å². The van der Waals surface area contributed by atoms with Crippen molar-refractivity contribution in [3.8, 4) is 0 Å². The Kier molecular flexibility index (Phi) is 6.43. The highest BCUT2D eigenvalue weighted by Gasteiger charge is 2.68. The summed E-state index contributed by atoms with van der Waals surface area (Å²) in [7, 11) is 0. The zero-order valence-corrected chi connectivity index (χ0v) is 15.9. The van der Waals surface area contributed by atoms with Crippen molar-refractivity contribution in [2.24, 2.45) is 0 Å². The molecule has 0 N–H and O–H groups in total. The van der Waals surface area contributed by atoms with Gasteiger partial charge in [-0.25, -0.2) is 3.63 Å². The Labute approximate surface area is 168 Å². The van der Waals surface area contributed by atoms with Crippen LogP contribution in [0.4, 0.5) is 0 Å². The van der Waals surface area contributed by atoms with Crippen LogP contribution in [0.2, 0.25) is 0 Å². The highest BCUT2D eigenvalue weighted by Crippen LogP contribution is 2.28. The van der Waals surface area contributed by atoms with Crippen LogP contribution in [0.1, 0.15) is 0 Å². The predicted molar refractivity (Wildman–Crippen MR) is 92.6 cm³/mol. The molecule has 0 aromatic rings. The number of carbonyl (C=O) groups excluding carboxylic acids is 2. The van der Waals surface area contributed by atoms with E-state index in [9.17, 15) is 50.0 Å². The number of hydrogen-bond donors (Lipinski definition) is 0. The van der Waals surface area contributed by atoms with E-state index in [2.05, 4.69) is 0 Å². The number of likely N-dealkylation sites (tertiary alicyclic amines) is 2. The van der Waals surface area contributed by atoms with Crippen molar-refractivity contribution in [2.45, 2.75) is 11.3 Å². The van der Waals surface area contributed by atoms with E-state index in [4.69, 9.17) is 3.63 Å². The molecule has 19 heteroatoms. The van der Waals surface area contributed by atoms with Crippen molar-refractivity contribution in [1.82, 2.24) is 9.80 Å². The van der Waals surface area contributed by atoms with Gasteiger partial charge in [-0.2, -0.15) is 0 Å². The molecule has 2 amide bonds. The van der Waals surface area contributed by atoms with Crippen LogP contribution in [-0.2, 0) is 13.2 Å². The minimum Gasteiger partial charge on any atom is -0.313 e. The molecule has 29 heavy (non-hydrogen) atoms. The molecule has 2 fully saturated rings. The van der Waals surface area contributed by atoms with Crippen LogP contribution >= 0.6 is 24.1 Å². The van der Waals surface area contributed by atoms with Gasteiger partial charge in [0.25, 0.3) is 0 Å². The molecule has 0 aliphatic carbocycles. The molecule has 2 rings (SSSR count). The Bertz CT molecular complexity index is 671. The van der Waals surface area contributed by atoms with Crippen LogP contribution in [0, 0.1) is 40.5 Å². The van der Waals surface area contributed by atoms with Crippen LogP contribution in [0.5, 0.6) is 0 Å². The lowest BCUT2D eigenvalue weighted by atomic mass is 10.0. The van der Waals surface area contributed by atoms with Crippen LogP contribution in [-0.4, -0.2) is 90.3 Å². The molecule has 160 valence electrons. The minimum absolute atomic E-state index is 0.317. The molecule has 2 aliphatic heterocycles. The van der Waals surface area contributed by atoms with Crippen LogP contribution in [0.3, 0.4) is 0 Å². The van der Waals surface area contributed by atoms with Crippen LogP contribution in [0.15, 0.2) is 0 Å². The summed E-state index contributed by atoms with van der Waals surface area (Å²) in [5.41, 5.74) is -4.80. The highest BCUT2D eigenvalue weighted by molar-refractivity contribution is 8.08. The third-order valence-corrected chi connectivity index (χ3v) is 5.80. The summed E-state index contributed by atoms with van der Waals surface area (Å²) in [6, 6.07) is 0. The summed E-state index contributed by atoms with van der Waals surface area (Å²) in [4.78, 5) is 64.2. The average Bonchev–Trinajstić information content (AvgIpc) is 2.50. The smallest absolute Gasteiger partial charge is 0.313 e. The second kappa shape index (κ2) is 8.29. The fourth-order valence-electron chi connectivity index (χ4n) is 2.44. The topological polar surface area (TPSA) is 222 Å². The van der Waals surface area contributed by atoms with E-state index >= 15 is 0 Å². The van der Waals surface area contributed by atoms with E-state index in [0.717, 1.165) is 9.80 Å². The summed E-state index contributed by atoms with van der Waals surface area (Å²) >= 11 is 1.18. The third kappa shape index (κ3) is 4.15. The molecule has 2 saturated heterocycles. The number of amides is 2. The van der Waals surface area contributed by atoms with Gasteiger partial charge in [0.2, 0.25) is 11.8 Å². The summed E-state index contributed by atoms with van der Waals surface area (Å²) in [6.45, 7) is -2.66. The Balaban J connectivity index is 1.63. The Morgan fingerprint density at radius 1 is 0.724 bits per heavy atom. The molecule has 0 aromatic heterocycles. The van der Waals surface area contributed by atoms with Crippen molar-refractivity contribution >= 4 is 35.9 Å². The van der Waals surface area contributed by atoms with Crippen molar-refractivity contribution < 1.29 is 32.9 Å². The maximum Gasteiger partial charge on any atom is 0.492 e. The van der Waals surface area contributed by atoms with Gasteiger partial charge in [0.15, 0.2) is 26.2 Å². The first kappa shape index (κ1) is 22.5. The van der Waals surface area contributed by atoms with E-state index in [1.165, 1.54) is 0 Å². The molecule has 0 radical (unpaired) electrons. The number of carbonyl (C=O) groups is 2. The van der Waals surface area contributed by atoms with E-state index in [1.54, 1.807) is 0 Å². The molecule has 2 heterocycles. The Hall–Kier alpha value is -2.80. The van der Waals surface area contributed by atoms with Crippen molar-refractivity contribution in [3.05, 3.63) is 40.5 Å². The van der Waals surface area contributed by atoms with Crippen molar-refractivity contribution in [3.63, 3.8) is 0 Å². The fraction of sp³-hybridized carbons (Fsp3) is 0.800. The van der Waals surface area contributed by atoms with E-state index in [0.29, 0.717) is 24.1 Å². The minimum atomic E-state index is -2.40. The normalized spacial score (nSPS) is 18.9. The lowest BCUT2D eigenvalue weighted by Crippen LogP contribution is -2.71. The standard InChI is InChI=1S/C10H12N6O11S2/c17-7(11-3-9(4-11,13(19)20)14(21)22)1-28-27-29-2-8(18)12-5-10(6-12,15(23)24)16(25)26/h1-6H2. The van der Waals surface area contributed by atoms with Gasteiger partial charge in [-0.1, -0.05) is 0 Å². The molecule has 0 saturated carbocycles. The largest absolute Gasteiger partial charge is 0.492 e. The van der Waals surface area contributed by atoms with Gasteiger partial charge in [0.05, 0.1) is 0 Å². The summed E-state index contributed by atoms with van der Waals surface area (Å²) in [5, 5.41) is 43.0. The van der Waals surface area contributed by atoms with Crippen molar-refractivity contribution in [1.29, 1.82) is 0 Å². The zero-order chi connectivity index (χ0) is 22.0. The van der Waals surface area contributed by atoms with Gasteiger partial charge < -0.3 is 9.80 Å². The van der Waals surface area contributed by atoms with E-state index < -0.39 is 69.0 Å². The maximum absolute atomic E-state index is 11.8. The first-order valence-electron chi connectivity index (χ1n) is 7.51. The molecule has 0 atom stereocenters. The number of rotatable bonds is 10. The monoisotopic (exact) mass is 456 g/mol. The zero-order valence-electron chi connectivity index (χ0n) is 14.2. The molecular weight excluding hydrogens is 444 g/mol. The van der Waals surface area contributed by atoms with Crippen LogP contribution < -0.4 is 0 Å².